The van der Waals surface area contributed by atoms with Gasteiger partial charge < -0.3 is 14.5 Å². The van der Waals surface area contributed by atoms with E-state index in [1.165, 1.54) is 11.3 Å². The lowest BCUT2D eigenvalue weighted by Crippen LogP contribution is -2.44. The van der Waals surface area contributed by atoms with E-state index in [4.69, 9.17) is 16.3 Å². The SMILES string of the molecule is CC(C)(C)OC(=O)N1CCC(CN2CCCc3cc(Cl)cc(Br)c32)CC1. The summed E-state index contributed by atoms with van der Waals surface area (Å²) in [6.45, 7) is 9.42. The highest BCUT2D eigenvalue weighted by Gasteiger charge is 2.29. The third-order valence-corrected chi connectivity index (χ3v) is 5.87. The van der Waals surface area contributed by atoms with Crippen molar-refractivity contribution in [2.75, 3.05) is 31.1 Å². The fourth-order valence-corrected chi connectivity index (χ4v) is 4.98. The highest BCUT2D eigenvalue weighted by molar-refractivity contribution is 9.10. The van der Waals surface area contributed by atoms with Gasteiger partial charge in [-0.2, -0.15) is 0 Å². The van der Waals surface area contributed by atoms with Crippen molar-refractivity contribution in [1.29, 1.82) is 0 Å². The number of rotatable bonds is 2. The quantitative estimate of drug-likeness (QED) is 0.605. The predicted octanol–water partition coefficient (Wildman–Crippen LogP) is 5.50. The molecule has 1 saturated heterocycles. The number of benzene rings is 1. The lowest BCUT2D eigenvalue weighted by Gasteiger charge is -2.38. The number of fused-ring (bicyclic) bond motifs is 1. The molecule has 26 heavy (non-hydrogen) atoms. The minimum Gasteiger partial charge on any atom is -0.444 e. The molecule has 0 atom stereocenters. The Morgan fingerprint density at radius 2 is 1.96 bits per heavy atom. The third kappa shape index (κ3) is 4.86. The molecule has 1 fully saturated rings. The van der Waals surface area contributed by atoms with Crippen LogP contribution in [0.3, 0.4) is 0 Å². The molecule has 2 aliphatic heterocycles. The van der Waals surface area contributed by atoms with E-state index in [2.05, 4.69) is 26.9 Å². The van der Waals surface area contributed by atoms with Crippen LogP contribution in [0, 0.1) is 5.92 Å². The first-order valence-electron chi connectivity index (χ1n) is 9.44. The van der Waals surface area contributed by atoms with Crippen LogP contribution in [-0.2, 0) is 11.2 Å². The van der Waals surface area contributed by atoms with Gasteiger partial charge in [0.1, 0.15) is 5.60 Å². The fourth-order valence-electron chi connectivity index (χ4n) is 3.85. The van der Waals surface area contributed by atoms with Crippen LogP contribution >= 0.6 is 27.5 Å². The molecule has 0 bridgehead atoms. The van der Waals surface area contributed by atoms with Gasteiger partial charge in [0, 0.05) is 35.7 Å². The number of anilines is 1. The van der Waals surface area contributed by atoms with E-state index < -0.39 is 5.60 Å². The molecule has 4 nitrogen and oxygen atoms in total. The predicted molar refractivity (Wildman–Crippen MR) is 110 cm³/mol. The molecule has 0 aromatic heterocycles. The second-order valence-electron chi connectivity index (χ2n) is 8.36. The largest absolute Gasteiger partial charge is 0.444 e. The minimum absolute atomic E-state index is 0.184. The maximum absolute atomic E-state index is 12.2. The molecule has 0 saturated carbocycles. The summed E-state index contributed by atoms with van der Waals surface area (Å²) in [5.74, 6) is 0.599. The van der Waals surface area contributed by atoms with Gasteiger partial charge in [-0.05, 0) is 86.0 Å². The zero-order valence-electron chi connectivity index (χ0n) is 15.9. The maximum atomic E-state index is 12.2. The molecular weight excluding hydrogens is 416 g/mol. The molecule has 0 aliphatic carbocycles. The normalized spacial score (nSPS) is 18.7. The molecule has 0 spiro atoms. The van der Waals surface area contributed by atoms with Crippen LogP contribution in [0.5, 0.6) is 0 Å². The average molecular weight is 444 g/mol. The third-order valence-electron chi connectivity index (χ3n) is 5.04. The van der Waals surface area contributed by atoms with Crippen LogP contribution in [0.4, 0.5) is 10.5 Å². The highest BCUT2D eigenvalue weighted by atomic mass is 79.9. The van der Waals surface area contributed by atoms with Crippen LogP contribution in [0.2, 0.25) is 5.02 Å². The number of nitrogens with zero attached hydrogens (tertiary/aromatic N) is 2. The van der Waals surface area contributed by atoms with Gasteiger partial charge in [0.15, 0.2) is 0 Å². The van der Waals surface area contributed by atoms with E-state index in [0.717, 1.165) is 61.4 Å². The molecule has 0 N–H and O–H groups in total. The Hall–Kier alpha value is -0.940. The summed E-state index contributed by atoms with van der Waals surface area (Å²) < 4.78 is 6.58. The van der Waals surface area contributed by atoms with Gasteiger partial charge in [-0.1, -0.05) is 11.6 Å². The van der Waals surface area contributed by atoms with Crippen molar-refractivity contribution in [2.45, 2.75) is 52.1 Å². The monoisotopic (exact) mass is 442 g/mol. The molecule has 1 aromatic rings. The second-order valence-corrected chi connectivity index (χ2v) is 9.65. The topological polar surface area (TPSA) is 32.8 Å². The van der Waals surface area contributed by atoms with Crippen LogP contribution in [0.25, 0.3) is 0 Å². The standard InChI is InChI=1S/C20H28BrClN2O2/c1-20(2,3)26-19(25)23-9-6-14(7-10-23)13-24-8-4-5-15-11-16(22)12-17(21)18(15)24/h11-12,14H,4-10,13H2,1-3H3. The Balaban J connectivity index is 1.59. The molecule has 2 heterocycles. The van der Waals surface area contributed by atoms with Gasteiger partial charge in [-0.25, -0.2) is 4.79 Å². The zero-order valence-corrected chi connectivity index (χ0v) is 18.2. The number of piperidine rings is 1. The van der Waals surface area contributed by atoms with E-state index in [9.17, 15) is 4.79 Å². The van der Waals surface area contributed by atoms with Crippen molar-refractivity contribution in [1.82, 2.24) is 4.90 Å². The Labute approximate surface area is 169 Å². The van der Waals surface area contributed by atoms with Crippen LogP contribution < -0.4 is 4.90 Å². The molecule has 3 rings (SSSR count). The molecule has 1 amide bonds. The molecule has 6 heteroatoms. The van der Waals surface area contributed by atoms with Gasteiger partial charge in [0.2, 0.25) is 0 Å². The first-order valence-corrected chi connectivity index (χ1v) is 10.6. The molecule has 0 unspecified atom stereocenters. The first-order chi connectivity index (χ1) is 12.2. The first kappa shape index (κ1) is 19.8. The number of amides is 1. The summed E-state index contributed by atoms with van der Waals surface area (Å²) >= 11 is 9.91. The lowest BCUT2D eigenvalue weighted by atomic mass is 9.94. The van der Waals surface area contributed by atoms with E-state index >= 15 is 0 Å². The molecule has 144 valence electrons. The number of hydrogen-bond acceptors (Lipinski definition) is 3. The van der Waals surface area contributed by atoms with Crippen molar-refractivity contribution in [3.8, 4) is 0 Å². The van der Waals surface area contributed by atoms with Gasteiger partial charge in [-0.3, -0.25) is 0 Å². The average Bonchev–Trinajstić information content (AvgIpc) is 2.53. The highest BCUT2D eigenvalue weighted by Crippen LogP contribution is 2.38. The molecule has 0 radical (unpaired) electrons. The Kier molecular flexibility index (Phi) is 6.07. The molecule has 2 aliphatic rings. The summed E-state index contributed by atoms with van der Waals surface area (Å²) in [5.41, 5.74) is 2.20. The Morgan fingerprint density at radius 1 is 1.27 bits per heavy atom. The van der Waals surface area contributed by atoms with Crippen LogP contribution in [-0.4, -0.2) is 42.8 Å². The van der Waals surface area contributed by atoms with E-state index in [-0.39, 0.29) is 6.09 Å². The number of halogens is 2. The zero-order chi connectivity index (χ0) is 18.9. The lowest BCUT2D eigenvalue weighted by molar-refractivity contribution is 0.0186. The second kappa shape index (κ2) is 7.97. The smallest absolute Gasteiger partial charge is 0.410 e. The maximum Gasteiger partial charge on any atom is 0.410 e. The summed E-state index contributed by atoms with van der Waals surface area (Å²) in [6.07, 6.45) is 4.11. The summed E-state index contributed by atoms with van der Waals surface area (Å²) in [7, 11) is 0. The Bertz CT molecular complexity index is 667. The number of carbonyl (C=O) groups excluding carboxylic acids is 1. The van der Waals surface area contributed by atoms with E-state index in [1.54, 1.807) is 0 Å². The van der Waals surface area contributed by atoms with Gasteiger partial charge in [0.05, 0.1) is 5.69 Å². The van der Waals surface area contributed by atoms with Gasteiger partial charge in [0.25, 0.3) is 0 Å². The van der Waals surface area contributed by atoms with Gasteiger partial charge >= 0.3 is 6.09 Å². The van der Waals surface area contributed by atoms with Crippen molar-refractivity contribution in [3.05, 3.63) is 27.2 Å². The minimum atomic E-state index is -0.432. The van der Waals surface area contributed by atoms with E-state index in [1.807, 2.05) is 31.7 Å². The van der Waals surface area contributed by atoms with Crippen molar-refractivity contribution < 1.29 is 9.53 Å². The van der Waals surface area contributed by atoms with Crippen LogP contribution in [0.1, 0.15) is 45.6 Å². The molecular formula is C20H28BrClN2O2. The van der Waals surface area contributed by atoms with Crippen molar-refractivity contribution in [3.63, 3.8) is 0 Å². The van der Waals surface area contributed by atoms with Gasteiger partial charge in [-0.15, -0.1) is 0 Å². The molecule has 1 aromatic carbocycles. The Morgan fingerprint density at radius 3 is 2.62 bits per heavy atom. The number of likely N-dealkylation sites (tertiary alicyclic amines) is 1. The summed E-state index contributed by atoms with van der Waals surface area (Å²) in [6, 6.07) is 4.09. The fraction of sp³-hybridized carbons (Fsp3) is 0.650. The van der Waals surface area contributed by atoms with E-state index in [0.29, 0.717) is 5.92 Å². The van der Waals surface area contributed by atoms with Crippen molar-refractivity contribution in [2.24, 2.45) is 5.92 Å². The number of hydrogen-bond donors (Lipinski definition) is 0. The summed E-state index contributed by atoms with van der Waals surface area (Å²) in [4.78, 5) is 16.6. The number of aryl methyl sites for hydroxylation is 1. The number of carbonyl (C=O) groups is 1. The van der Waals surface area contributed by atoms with Crippen LogP contribution in [0.15, 0.2) is 16.6 Å². The van der Waals surface area contributed by atoms with Crippen molar-refractivity contribution >= 4 is 39.3 Å². The number of ether oxygens (including phenoxy) is 1. The summed E-state index contributed by atoms with van der Waals surface area (Å²) in [5, 5.41) is 0.795.